The Labute approximate surface area is 144 Å². The van der Waals surface area contributed by atoms with E-state index in [1.54, 1.807) is 12.4 Å². The zero-order chi connectivity index (χ0) is 16.6. The van der Waals surface area contributed by atoms with Gasteiger partial charge >= 0.3 is 0 Å². The second kappa shape index (κ2) is 8.34. The van der Waals surface area contributed by atoms with Crippen LogP contribution >= 0.6 is 0 Å². The molecule has 3 rings (SSSR count). The van der Waals surface area contributed by atoms with E-state index in [0.717, 1.165) is 28.9 Å². The van der Waals surface area contributed by atoms with E-state index in [9.17, 15) is 0 Å². The maximum absolute atomic E-state index is 4.61. The predicted octanol–water partition coefficient (Wildman–Crippen LogP) is 4.68. The summed E-state index contributed by atoms with van der Waals surface area (Å²) < 4.78 is 2.25. The van der Waals surface area contributed by atoms with Gasteiger partial charge in [-0.25, -0.2) is 4.57 Å². The molecular formula is C21H24N3+. The van der Waals surface area contributed by atoms with E-state index in [1.165, 1.54) is 25.7 Å². The highest BCUT2D eigenvalue weighted by Crippen LogP contribution is 2.21. The molecule has 3 heteroatoms. The Morgan fingerprint density at radius 3 is 2.25 bits per heavy atom. The summed E-state index contributed by atoms with van der Waals surface area (Å²) in [6, 6.07) is 12.5. The maximum Gasteiger partial charge on any atom is 0.169 e. The van der Waals surface area contributed by atoms with E-state index < -0.39 is 0 Å². The zero-order valence-electron chi connectivity index (χ0n) is 14.2. The number of pyridine rings is 3. The maximum atomic E-state index is 4.61. The fraction of sp³-hybridized carbons (Fsp3) is 0.286. The molecule has 0 spiro atoms. The second-order valence-corrected chi connectivity index (χ2v) is 6.05. The molecule has 0 aliphatic heterocycles. The van der Waals surface area contributed by atoms with E-state index >= 15 is 0 Å². The minimum absolute atomic E-state index is 1.01. The van der Waals surface area contributed by atoms with E-state index in [-0.39, 0.29) is 0 Å². The molecule has 0 fully saturated rings. The first-order valence-electron chi connectivity index (χ1n) is 8.73. The van der Waals surface area contributed by atoms with Gasteiger partial charge in [-0.1, -0.05) is 25.8 Å². The van der Waals surface area contributed by atoms with E-state index in [1.807, 2.05) is 18.3 Å². The first kappa shape index (κ1) is 16.3. The molecule has 0 amide bonds. The molecule has 0 aliphatic carbocycles. The van der Waals surface area contributed by atoms with Crippen molar-refractivity contribution in [2.75, 3.05) is 0 Å². The van der Waals surface area contributed by atoms with E-state index in [0.29, 0.717) is 0 Å². The van der Waals surface area contributed by atoms with Crippen LogP contribution in [0.15, 0.2) is 67.4 Å². The largest absolute Gasteiger partial charge is 0.265 e. The van der Waals surface area contributed by atoms with E-state index in [2.05, 4.69) is 58.1 Å². The lowest BCUT2D eigenvalue weighted by Crippen LogP contribution is -2.32. The van der Waals surface area contributed by atoms with Gasteiger partial charge in [0.05, 0.1) is 5.69 Å². The standard InChI is InChI=1S/C21H24N3/c1-2-3-4-5-14-24-15-10-19(11-16-24)21-7-6-20(17-23-21)18-8-12-22-13-9-18/h6-13,15-17H,2-5,14H2,1H3/q+1. The number of aryl methyl sites for hydroxylation is 1. The highest BCUT2D eigenvalue weighted by molar-refractivity contribution is 5.65. The average Bonchev–Trinajstić information content (AvgIpc) is 2.67. The highest BCUT2D eigenvalue weighted by Gasteiger charge is 2.05. The van der Waals surface area contributed by atoms with Crippen LogP contribution in [0.25, 0.3) is 22.4 Å². The van der Waals surface area contributed by atoms with Crippen LogP contribution in [-0.2, 0) is 6.54 Å². The molecule has 0 unspecified atom stereocenters. The van der Waals surface area contributed by atoms with Crippen LogP contribution in [0.1, 0.15) is 32.6 Å². The summed E-state index contributed by atoms with van der Waals surface area (Å²) >= 11 is 0. The number of hydrogen-bond acceptors (Lipinski definition) is 2. The number of rotatable bonds is 7. The molecule has 122 valence electrons. The molecular weight excluding hydrogens is 294 g/mol. The molecule has 0 N–H and O–H groups in total. The summed E-state index contributed by atoms with van der Waals surface area (Å²) in [6.07, 6.45) is 15.0. The zero-order valence-corrected chi connectivity index (χ0v) is 14.2. The van der Waals surface area contributed by atoms with Crippen LogP contribution < -0.4 is 4.57 Å². The first-order chi connectivity index (χ1) is 11.9. The van der Waals surface area contributed by atoms with Gasteiger partial charge in [-0.3, -0.25) is 9.97 Å². The lowest BCUT2D eigenvalue weighted by Gasteiger charge is -2.04. The van der Waals surface area contributed by atoms with Crippen LogP contribution in [-0.4, -0.2) is 9.97 Å². The van der Waals surface area contributed by atoms with Gasteiger partial charge in [0.25, 0.3) is 0 Å². The molecule has 3 heterocycles. The van der Waals surface area contributed by atoms with Crippen LogP contribution in [0.3, 0.4) is 0 Å². The molecule has 24 heavy (non-hydrogen) atoms. The second-order valence-electron chi connectivity index (χ2n) is 6.05. The molecule has 3 nitrogen and oxygen atoms in total. The third-order valence-electron chi connectivity index (χ3n) is 4.23. The molecule has 0 saturated carbocycles. The molecule has 3 aromatic heterocycles. The molecule has 0 aliphatic rings. The Morgan fingerprint density at radius 2 is 1.58 bits per heavy atom. The number of nitrogens with zero attached hydrogens (tertiary/aromatic N) is 3. The summed E-state index contributed by atoms with van der Waals surface area (Å²) in [5.41, 5.74) is 4.41. The molecule has 0 saturated heterocycles. The van der Waals surface area contributed by atoms with Gasteiger partial charge in [0.1, 0.15) is 6.54 Å². The summed E-state index contributed by atoms with van der Waals surface area (Å²) in [5.74, 6) is 0. The highest BCUT2D eigenvalue weighted by atomic mass is 14.9. The van der Waals surface area contributed by atoms with Crippen molar-refractivity contribution in [3.63, 3.8) is 0 Å². The molecule has 0 radical (unpaired) electrons. The summed E-state index contributed by atoms with van der Waals surface area (Å²) in [4.78, 5) is 8.66. The van der Waals surface area contributed by atoms with Gasteiger partial charge in [0.2, 0.25) is 0 Å². The smallest absolute Gasteiger partial charge is 0.169 e. The van der Waals surface area contributed by atoms with Crippen molar-refractivity contribution in [3.05, 3.63) is 67.4 Å². The quantitative estimate of drug-likeness (QED) is 0.468. The van der Waals surface area contributed by atoms with Crippen molar-refractivity contribution in [2.24, 2.45) is 0 Å². The Balaban J connectivity index is 1.66. The Morgan fingerprint density at radius 1 is 0.792 bits per heavy atom. The fourth-order valence-corrected chi connectivity index (χ4v) is 2.78. The van der Waals surface area contributed by atoms with Gasteiger partial charge in [-0.15, -0.1) is 0 Å². The lowest BCUT2D eigenvalue weighted by molar-refractivity contribution is -0.697. The number of unbranched alkanes of at least 4 members (excludes halogenated alkanes) is 3. The SMILES string of the molecule is CCCCCC[n+]1ccc(-c2ccc(-c3ccncc3)cn2)cc1. The van der Waals surface area contributed by atoms with Crippen molar-refractivity contribution in [3.8, 4) is 22.4 Å². The third-order valence-corrected chi connectivity index (χ3v) is 4.23. The Hall–Kier alpha value is -2.55. The van der Waals surface area contributed by atoms with Crippen LogP contribution in [0.2, 0.25) is 0 Å². The minimum atomic E-state index is 1.01. The molecule has 0 atom stereocenters. The molecule has 3 aromatic rings. The normalized spacial score (nSPS) is 10.7. The molecule has 0 bridgehead atoms. The lowest BCUT2D eigenvalue weighted by atomic mass is 10.1. The van der Waals surface area contributed by atoms with Crippen molar-refractivity contribution in [1.29, 1.82) is 0 Å². The van der Waals surface area contributed by atoms with Crippen LogP contribution in [0.5, 0.6) is 0 Å². The summed E-state index contributed by atoms with van der Waals surface area (Å²) in [7, 11) is 0. The minimum Gasteiger partial charge on any atom is -0.265 e. The van der Waals surface area contributed by atoms with E-state index in [4.69, 9.17) is 0 Å². The Kier molecular flexibility index (Phi) is 5.67. The van der Waals surface area contributed by atoms with Crippen molar-refractivity contribution in [2.45, 2.75) is 39.2 Å². The van der Waals surface area contributed by atoms with Gasteiger partial charge in [-0.2, -0.15) is 0 Å². The fourth-order valence-electron chi connectivity index (χ4n) is 2.78. The third kappa shape index (κ3) is 4.25. The predicted molar refractivity (Wildman–Crippen MR) is 97.2 cm³/mol. The summed E-state index contributed by atoms with van der Waals surface area (Å²) in [6.45, 7) is 3.34. The first-order valence-corrected chi connectivity index (χ1v) is 8.73. The van der Waals surface area contributed by atoms with Crippen LogP contribution in [0, 0.1) is 0 Å². The van der Waals surface area contributed by atoms with Gasteiger partial charge < -0.3 is 0 Å². The van der Waals surface area contributed by atoms with Crippen LogP contribution in [0.4, 0.5) is 0 Å². The van der Waals surface area contributed by atoms with Crippen molar-refractivity contribution in [1.82, 2.24) is 9.97 Å². The summed E-state index contributed by atoms with van der Waals surface area (Å²) in [5, 5.41) is 0. The van der Waals surface area contributed by atoms with Gasteiger partial charge in [-0.05, 0) is 30.2 Å². The van der Waals surface area contributed by atoms with Gasteiger partial charge in [0, 0.05) is 48.3 Å². The van der Waals surface area contributed by atoms with Crippen molar-refractivity contribution >= 4 is 0 Å². The topological polar surface area (TPSA) is 29.7 Å². The molecule has 0 aromatic carbocycles. The number of aromatic nitrogens is 3. The number of hydrogen-bond donors (Lipinski definition) is 0. The Bertz CT molecular complexity index is 734. The monoisotopic (exact) mass is 318 g/mol. The van der Waals surface area contributed by atoms with Gasteiger partial charge in [0.15, 0.2) is 12.4 Å². The average molecular weight is 318 g/mol. The van der Waals surface area contributed by atoms with Crippen molar-refractivity contribution < 1.29 is 4.57 Å².